The van der Waals surface area contributed by atoms with E-state index in [4.69, 9.17) is 0 Å². The van der Waals surface area contributed by atoms with Crippen molar-refractivity contribution in [3.05, 3.63) is 62.5 Å². The molecule has 0 spiro atoms. The molecule has 0 aliphatic heterocycles. The summed E-state index contributed by atoms with van der Waals surface area (Å²) in [5.41, 5.74) is 3.20. The van der Waals surface area contributed by atoms with E-state index in [0.717, 1.165) is 12.8 Å². The van der Waals surface area contributed by atoms with E-state index in [9.17, 15) is 0 Å². The molecule has 2 rings (SSSR count). The van der Waals surface area contributed by atoms with Gasteiger partial charge in [-0.05, 0) is 6.42 Å². The van der Waals surface area contributed by atoms with Crippen molar-refractivity contribution < 1.29 is 23.3 Å². The quantitative estimate of drug-likeness (QED) is 0.489. The maximum absolute atomic E-state index is 3.29. The Morgan fingerprint density at radius 1 is 1.10 bits per heavy atom. The van der Waals surface area contributed by atoms with Crippen molar-refractivity contribution in [2.24, 2.45) is 0 Å². The van der Waals surface area contributed by atoms with Crippen molar-refractivity contribution in [3.8, 4) is 0 Å². The van der Waals surface area contributed by atoms with E-state index in [0.29, 0.717) is 0 Å². The molecule has 0 heterocycles. The molecule has 2 aliphatic rings. The zero-order chi connectivity index (χ0) is 13.6. The monoisotopic (exact) mass is 364 g/mol. The topological polar surface area (TPSA) is 0 Å². The fourth-order valence-corrected chi connectivity index (χ4v) is 1.92. The third-order valence-electron chi connectivity index (χ3n) is 2.70. The zero-order valence-corrected chi connectivity index (χ0v) is 17.6. The second kappa shape index (κ2) is 19.1. The summed E-state index contributed by atoms with van der Waals surface area (Å²) < 4.78 is 0. The molecule has 0 N–H and O–H groups in total. The molecular weight excluding hydrogens is 336 g/mol. The number of hydrogen-bond donors (Lipinski definition) is 0. The van der Waals surface area contributed by atoms with E-state index in [1.165, 1.54) is 25.7 Å². The van der Waals surface area contributed by atoms with Gasteiger partial charge in [0, 0.05) is 0 Å². The van der Waals surface area contributed by atoms with Crippen LogP contribution in [0.1, 0.15) is 52.4 Å². The van der Waals surface area contributed by atoms with Crippen molar-refractivity contribution in [1.82, 2.24) is 0 Å². The first-order valence-corrected chi connectivity index (χ1v) is 12.6. The minimum absolute atomic E-state index is 0. The summed E-state index contributed by atoms with van der Waals surface area (Å²) in [6, 6.07) is 0. The normalized spacial score (nSPS) is 13.7. The van der Waals surface area contributed by atoms with Gasteiger partial charge in [0.15, 0.2) is 0 Å². The summed E-state index contributed by atoms with van der Waals surface area (Å²) >= 11 is 1.58. The Kier molecular flexibility index (Phi) is 23.9. The van der Waals surface area contributed by atoms with Gasteiger partial charge in [0.25, 0.3) is 0 Å². The van der Waals surface area contributed by atoms with Crippen LogP contribution in [0.15, 0.2) is 35.5 Å². The summed E-state index contributed by atoms with van der Waals surface area (Å²) in [5.74, 6) is 0. The predicted octanol–water partition coefficient (Wildman–Crippen LogP) is 4.93. The van der Waals surface area contributed by atoms with Crippen LogP contribution in [-0.4, -0.2) is 6.88 Å². The SMILES string of the molecule is CCCC1=C(CCC)C[C-]=C1.[C-]1=CC=CC1.[CH3-].[CH3-].[SiH2]=[Zr]. The van der Waals surface area contributed by atoms with E-state index >= 15 is 0 Å². The average molecular weight is 366 g/mol. The van der Waals surface area contributed by atoms with Crippen LogP contribution in [0, 0.1) is 27.0 Å². The molecule has 0 unspecified atom stereocenters. The standard InChI is InChI=1S/C11H17.C5H5.2CH3.H2Si.Zr/c1-3-6-10-8-5-9-11(10)7-4-2;1-2-4-5-3-1;;;;/h8H,3-4,6-7,9H2,1-2H3;1-3H,4H2;2*1H3;1H2;/q4*-1;;. The van der Waals surface area contributed by atoms with Crippen LogP contribution in [0.2, 0.25) is 0 Å². The van der Waals surface area contributed by atoms with Gasteiger partial charge in [-0.15, -0.1) is 12.8 Å². The predicted molar refractivity (Wildman–Crippen MR) is 92.2 cm³/mol. The van der Waals surface area contributed by atoms with Crippen LogP contribution in [0.25, 0.3) is 0 Å². The third-order valence-corrected chi connectivity index (χ3v) is 2.70. The van der Waals surface area contributed by atoms with Crippen LogP contribution in [0.4, 0.5) is 0 Å². The molecule has 0 saturated carbocycles. The van der Waals surface area contributed by atoms with Gasteiger partial charge in [0.2, 0.25) is 0 Å². The van der Waals surface area contributed by atoms with Gasteiger partial charge in [0.05, 0.1) is 0 Å². The molecule has 0 aromatic carbocycles. The molecular formula is C18H30SiZr-4. The first-order chi connectivity index (χ1) is 8.88. The van der Waals surface area contributed by atoms with Crippen LogP contribution < -0.4 is 0 Å². The summed E-state index contributed by atoms with van der Waals surface area (Å²) in [6.45, 7) is 6.43. The van der Waals surface area contributed by atoms with E-state index < -0.39 is 0 Å². The van der Waals surface area contributed by atoms with Gasteiger partial charge in [-0.3, -0.25) is 12.2 Å². The summed E-state index contributed by atoms with van der Waals surface area (Å²) in [6.07, 6.45) is 21.7. The van der Waals surface area contributed by atoms with Crippen LogP contribution in [-0.2, 0) is 23.3 Å². The van der Waals surface area contributed by atoms with Crippen LogP contribution in [0.5, 0.6) is 0 Å². The molecule has 0 aromatic heterocycles. The van der Waals surface area contributed by atoms with E-state index in [1.807, 2.05) is 19.0 Å². The number of hydrogen-bond acceptors (Lipinski definition) is 0. The van der Waals surface area contributed by atoms with Crippen LogP contribution in [0.3, 0.4) is 0 Å². The molecule has 0 bridgehead atoms. The Bertz CT molecular complexity index is 314. The first kappa shape index (κ1) is 25.0. The minimum atomic E-state index is 0. The zero-order valence-electron chi connectivity index (χ0n) is 13.8. The van der Waals surface area contributed by atoms with Crippen molar-refractivity contribution in [1.29, 1.82) is 0 Å². The Balaban J connectivity index is -0.000000274. The van der Waals surface area contributed by atoms with Gasteiger partial charge >= 0.3 is 30.2 Å². The number of rotatable bonds is 4. The van der Waals surface area contributed by atoms with E-state index in [-0.39, 0.29) is 14.9 Å². The van der Waals surface area contributed by atoms with Crippen LogP contribution >= 0.6 is 0 Å². The van der Waals surface area contributed by atoms with E-state index in [2.05, 4.69) is 38.2 Å². The van der Waals surface area contributed by atoms with E-state index in [1.54, 1.807) is 34.5 Å². The summed E-state index contributed by atoms with van der Waals surface area (Å²) in [7, 11) is 0. The van der Waals surface area contributed by atoms with Crippen molar-refractivity contribution in [2.45, 2.75) is 52.4 Å². The maximum atomic E-state index is 3.29. The first-order valence-electron chi connectivity index (χ1n) is 6.73. The van der Waals surface area contributed by atoms with Gasteiger partial charge in [-0.25, -0.2) is 18.2 Å². The Morgan fingerprint density at radius 3 is 2.15 bits per heavy atom. The molecule has 2 heteroatoms. The molecule has 0 fully saturated rings. The molecule has 0 saturated heterocycles. The average Bonchev–Trinajstić information content (AvgIpc) is 3.08. The van der Waals surface area contributed by atoms with Gasteiger partial charge in [0.1, 0.15) is 0 Å². The fraction of sp³-hybridized carbons (Fsp3) is 0.444. The molecule has 0 atom stereocenters. The second-order valence-electron chi connectivity index (χ2n) is 4.16. The third kappa shape index (κ3) is 11.9. The molecule has 0 aromatic rings. The fourth-order valence-electron chi connectivity index (χ4n) is 1.92. The Morgan fingerprint density at radius 2 is 1.75 bits per heavy atom. The van der Waals surface area contributed by atoms with Crippen molar-refractivity contribution in [2.75, 3.05) is 0 Å². The Labute approximate surface area is 144 Å². The molecule has 20 heavy (non-hydrogen) atoms. The Hall–Kier alpha value is 0.0600. The van der Waals surface area contributed by atoms with Gasteiger partial charge in [-0.2, -0.15) is 17.2 Å². The summed E-state index contributed by atoms with van der Waals surface area (Å²) in [5, 5.41) is 0. The molecule has 0 nitrogen and oxygen atoms in total. The van der Waals surface area contributed by atoms with Crippen molar-refractivity contribution >= 4 is 6.88 Å². The molecule has 2 aliphatic carbocycles. The van der Waals surface area contributed by atoms with Crippen molar-refractivity contribution in [3.63, 3.8) is 0 Å². The molecule has 0 radical (unpaired) electrons. The molecule has 0 amide bonds. The summed E-state index contributed by atoms with van der Waals surface area (Å²) in [4.78, 5) is 0. The molecule has 114 valence electrons. The van der Waals surface area contributed by atoms with Gasteiger partial charge in [-0.1, -0.05) is 33.1 Å². The second-order valence-corrected chi connectivity index (χ2v) is 4.16. The van der Waals surface area contributed by atoms with Gasteiger partial charge < -0.3 is 14.9 Å². The number of allylic oxidation sites excluding steroid dienone is 8.